The van der Waals surface area contributed by atoms with Gasteiger partial charge in [-0.3, -0.25) is 9.59 Å². The van der Waals surface area contributed by atoms with E-state index in [2.05, 4.69) is 10.6 Å². The fourth-order valence-corrected chi connectivity index (χ4v) is 2.71. The summed E-state index contributed by atoms with van der Waals surface area (Å²) in [4.78, 5) is 23.9. The van der Waals surface area contributed by atoms with Crippen LogP contribution in [0.15, 0.2) is 24.3 Å². The molecular formula is C17H26ClN3O2. The number of amides is 2. The third-order valence-electron chi connectivity index (χ3n) is 3.97. The SMILES string of the molecule is CC(C)CC(=O)Nc1ccc(NC(=O)C2(N)CCCC2)cc1.Cl. The molecule has 4 N–H and O–H groups in total. The molecule has 1 aliphatic carbocycles. The first-order valence-electron chi connectivity index (χ1n) is 7.89. The van der Waals surface area contributed by atoms with E-state index in [0.717, 1.165) is 31.4 Å². The normalized spacial score (nSPS) is 15.8. The molecule has 2 rings (SSSR count). The summed E-state index contributed by atoms with van der Waals surface area (Å²) in [6, 6.07) is 7.12. The van der Waals surface area contributed by atoms with Crippen LogP contribution in [0, 0.1) is 5.92 Å². The Hall–Kier alpha value is -1.59. The molecule has 1 aromatic rings. The second-order valence-corrected chi connectivity index (χ2v) is 6.54. The molecule has 0 heterocycles. The number of carbonyl (C=O) groups excluding carboxylic acids is 2. The van der Waals surface area contributed by atoms with Crippen molar-refractivity contribution in [3.63, 3.8) is 0 Å². The van der Waals surface area contributed by atoms with E-state index < -0.39 is 5.54 Å². The quantitative estimate of drug-likeness (QED) is 0.769. The molecule has 0 atom stereocenters. The minimum atomic E-state index is -0.732. The molecule has 1 aromatic carbocycles. The highest BCUT2D eigenvalue weighted by Gasteiger charge is 2.36. The molecule has 2 amide bonds. The van der Waals surface area contributed by atoms with Gasteiger partial charge in [-0.1, -0.05) is 26.7 Å². The second kappa shape index (κ2) is 8.31. The number of hydrogen-bond acceptors (Lipinski definition) is 3. The average molecular weight is 340 g/mol. The predicted molar refractivity (Wildman–Crippen MR) is 95.8 cm³/mol. The van der Waals surface area contributed by atoms with Gasteiger partial charge >= 0.3 is 0 Å². The van der Waals surface area contributed by atoms with Crippen molar-refractivity contribution in [1.82, 2.24) is 0 Å². The van der Waals surface area contributed by atoms with Crippen LogP contribution >= 0.6 is 12.4 Å². The number of benzene rings is 1. The maximum absolute atomic E-state index is 12.2. The zero-order valence-corrected chi connectivity index (χ0v) is 14.5. The Labute approximate surface area is 143 Å². The summed E-state index contributed by atoms with van der Waals surface area (Å²) in [6.45, 7) is 4.01. The van der Waals surface area contributed by atoms with E-state index in [4.69, 9.17) is 5.73 Å². The van der Waals surface area contributed by atoms with Gasteiger partial charge in [0.25, 0.3) is 0 Å². The molecule has 1 saturated carbocycles. The molecule has 0 saturated heterocycles. The number of nitrogens with one attached hydrogen (secondary N) is 2. The van der Waals surface area contributed by atoms with Crippen LogP contribution in [-0.2, 0) is 9.59 Å². The van der Waals surface area contributed by atoms with E-state index in [1.807, 2.05) is 13.8 Å². The van der Waals surface area contributed by atoms with Gasteiger partial charge in [-0.05, 0) is 43.0 Å². The Morgan fingerprint density at radius 3 is 2.04 bits per heavy atom. The van der Waals surface area contributed by atoms with Crippen molar-refractivity contribution in [2.75, 3.05) is 10.6 Å². The number of anilines is 2. The molecule has 0 radical (unpaired) electrons. The topological polar surface area (TPSA) is 84.2 Å². The first kappa shape index (κ1) is 19.5. The minimum absolute atomic E-state index is 0. The van der Waals surface area contributed by atoms with Crippen LogP contribution in [0.3, 0.4) is 0 Å². The van der Waals surface area contributed by atoms with Crippen LogP contribution < -0.4 is 16.4 Å². The molecule has 0 bridgehead atoms. The largest absolute Gasteiger partial charge is 0.326 e. The lowest BCUT2D eigenvalue weighted by Crippen LogP contribution is -2.48. The minimum Gasteiger partial charge on any atom is -0.326 e. The zero-order chi connectivity index (χ0) is 16.2. The average Bonchev–Trinajstić information content (AvgIpc) is 2.88. The van der Waals surface area contributed by atoms with E-state index in [1.54, 1.807) is 24.3 Å². The van der Waals surface area contributed by atoms with E-state index >= 15 is 0 Å². The first-order chi connectivity index (χ1) is 10.4. The molecule has 1 aliphatic rings. The van der Waals surface area contributed by atoms with Gasteiger partial charge in [0, 0.05) is 17.8 Å². The smallest absolute Gasteiger partial charge is 0.244 e. The summed E-state index contributed by atoms with van der Waals surface area (Å²) in [7, 11) is 0. The summed E-state index contributed by atoms with van der Waals surface area (Å²) in [6.07, 6.45) is 3.98. The van der Waals surface area contributed by atoms with Gasteiger partial charge < -0.3 is 16.4 Å². The van der Waals surface area contributed by atoms with E-state index in [0.29, 0.717) is 18.0 Å². The van der Waals surface area contributed by atoms with Gasteiger partial charge in [0.1, 0.15) is 0 Å². The molecule has 0 aliphatic heterocycles. The predicted octanol–water partition coefficient (Wildman–Crippen LogP) is 3.30. The van der Waals surface area contributed by atoms with Crippen molar-refractivity contribution in [2.45, 2.75) is 51.5 Å². The monoisotopic (exact) mass is 339 g/mol. The second-order valence-electron chi connectivity index (χ2n) is 6.54. The van der Waals surface area contributed by atoms with E-state index in [9.17, 15) is 9.59 Å². The number of hydrogen-bond donors (Lipinski definition) is 3. The third kappa shape index (κ3) is 5.52. The maximum atomic E-state index is 12.2. The lowest BCUT2D eigenvalue weighted by Gasteiger charge is -2.22. The Kier molecular flexibility index (Phi) is 7.03. The summed E-state index contributed by atoms with van der Waals surface area (Å²) >= 11 is 0. The van der Waals surface area contributed by atoms with Crippen LogP contribution in [0.2, 0.25) is 0 Å². The van der Waals surface area contributed by atoms with Crippen LogP contribution in [0.4, 0.5) is 11.4 Å². The van der Waals surface area contributed by atoms with Crippen molar-refractivity contribution in [3.8, 4) is 0 Å². The molecule has 1 fully saturated rings. The van der Waals surface area contributed by atoms with Crippen LogP contribution in [-0.4, -0.2) is 17.4 Å². The van der Waals surface area contributed by atoms with Crippen LogP contribution in [0.1, 0.15) is 46.0 Å². The zero-order valence-electron chi connectivity index (χ0n) is 13.7. The molecule has 0 spiro atoms. The van der Waals surface area contributed by atoms with Crippen molar-refractivity contribution in [2.24, 2.45) is 11.7 Å². The molecule has 5 nitrogen and oxygen atoms in total. The molecular weight excluding hydrogens is 314 g/mol. The van der Waals surface area contributed by atoms with Gasteiger partial charge in [0.05, 0.1) is 5.54 Å². The first-order valence-corrected chi connectivity index (χ1v) is 7.89. The van der Waals surface area contributed by atoms with Crippen molar-refractivity contribution >= 4 is 35.6 Å². The van der Waals surface area contributed by atoms with Gasteiger partial charge in [0.2, 0.25) is 11.8 Å². The van der Waals surface area contributed by atoms with Gasteiger partial charge in [-0.15, -0.1) is 12.4 Å². The van der Waals surface area contributed by atoms with Crippen molar-refractivity contribution in [3.05, 3.63) is 24.3 Å². The maximum Gasteiger partial charge on any atom is 0.244 e. The number of carbonyl (C=O) groups is 2. The van der Waals surface area contributed by atoms with Crippen LogP contribution in [0.25, 0.3) is 0 Å². The standard InChI is InChI=1S/C17H25N3O2.ClH/c1-12(2)11-15(21)19-13-5-7-14(8-6-13)20-16(22)17(18)9-3-4-10-17;/h5-8,12H,3-4,9-11,18H2,1-2H3,(H,19,21)(H,20,22);1H. The number of rotatable bonds is 5. The van der Waals surface area contributed by atoms with Crippen molar-refractivity contribution in [1.29, 1.82) is 0 Å². The Bertz CT molecular complexity index is 537. The highest BCUT2D eigenvalue weighted by Crippen LogP contribution is 2.28. The van der Waals surface area contributed by atoms with Gasteiger partial charge in [-0.2, -0.15) is 0 Å². The Morgan fingerprint density at radius 1 is 1.09 bits per heavy atom. The van der Waals surface area contributed by atoms with Gasteiger partial charge in [0.15, 0.2) is 0 Å². The highest BCUT2D eigenvalue weighted by molar-refractivity contribution is 5.98. The fraction of sp³-hybridized carbons (Fsp3) is 0.529. The molecule has 128 valence electrons. The molecule has 0 aromatic heterocycles. The van der Waals surface area contributed by atoms with E-state index in [1.165, 1.54) is 0 Å². The Balaban J connectivity index is 0.00000264. The summed E-state index contributed by atoms with van der Waals surface area (Å²) in [5.74, 6) is 0.200. The third-order valence-corrected chi connectivity index (χ3v) is 3.97. The fourth-order valence-electron chi connectivity index (χ4n) is 2.71. The highest BCUT2D eigenvalue weighted by atomic mass is 35.5. The molecule has 6 heteroatoms. The lowest BCUT2D eigenvalue weighted by molar-refractivity contribution is -0.121. The molecule has 23 heavy (non-hydrogen) atoms. The van der Waals surface area contributed by atoms with Crippen molar-refractivity contribution < 1.29 is 9.59 Å². The summed E-state index contributed by atoms with van der Waals surface area (Å²) in [5, 5.41) is 5.70. The Morgan fingerprint density at radius 2 is 1.57 bits per heavy atom. The number of nitrogens with two attached hydrogens (primary N) is 1. The van der Waals surface area contributed by atoms with Crippen LogP contribution in [0.5, 0.6) is 0 Å². The molecule has 0 unspecified atom stereocenters. The van der Waals surface area contributed by atoms with E-state index in [-0.39, 0.29) is 24.2 Å². The number of halogens is 1. The lowest BCUT2D eigenvalue weighted by atomic mass is 9.98. The summed E-state index contributed by atoms with van der Waals surface area (Å²) in [5.41, 5.74) is 6.82. The summed E-state index contributed by atoms with van der Waals surface area (Å²) < 4.78 is 0. The van der Waals surface area contributed by atoms with Gasteiger partial charge in [-0.25, -0.2) is 0 Å².